The topological polar surface area (TPSA) is 44.5 Å². The first-order valence-corrected chi connectivity index (χ1v) is 4.63. The molecule has 1 aromatic carbocycles. The Bertz CT molecular complexity index is 276. The van der Waals surface area contributed by atoms with Crippen LogP contribution >= 0.6 is 0 Å². The Kier molecular flexibility index (Phi) is 4.59. The first kappa shape index (κ1) is 11.2. The van der Waals surface area contributed by atoms with Gasteiger partial charge in [0.15, 0.2) is 0 Å². The van der Waals surface area contributed by atoms with Gasteiger partial charge in [-0.1, -0.05) is 24.3 Å². The average Bonchev–Trinajstić information content (AvgIpc) is 2.26. The fourth-order valence-electron chi connectivity index (χ4n) is 1.47. The van der Waals surface area contributed by atoms with Gasteiger partial charge in [-0.15, -0.1) is 0 Å². The van der Waals surface area contributed by atoms with Crippen molar-refractivity contribution >= 4 is 0 Å². The van der Waals surface area contributed by atoms with Gasteiger partial charge in [-0.25, -0.2) is 0 Å². The third kappa shape index (κ3) is 2.54. The maximum atomic E-state index is 5.64. The van der Waals surface area contributed by atoms with Crippen LogP contribution in [0.25, 0.3) is 0 Å². The van der Waals surface area contributed by atoms with Crippen molar-refractivity contribution in [2.75, 3.05) is 20.8 Å². The lowest BCUT2D eigenvalue weighted by molar-refractivity contribution is 0.0270. The molecule has 1 rings (SSSR count). The predicted octanol–water partition coefficient (Wildman–Crippen LogP) is 1.48. The van der Waals surface area contributed by atoms with E-state index in [2.05, 4.69) is 0 Å². The monoisotopic (exact) mass is 195 g/mol. The number of hydrogen-bond acceptors (Lipinski definition) is 3. The molecule has 1 aromatic rings. The van der Waals surface area contributed by atoms with E-state index < -0.39 is 0 Å². The Morgan fingerprint density at radius 1 is 1.29 bits per heavy atom. The van der Waals surface area contributed by atoms with E-state index in [1.54, 1.807) is 14.2 Å². The van der Waals surface area contributed by atoms with Crippen molar-refractivity contribution in [3.63, 3.8) is 0 Å². The number of benzene rings is 1. The number of rotatable bonds is 5. The zero-order valence-corrected chi connectivity index (χ0v) is 8.69. The third-order valence-corrected chi connectivity index (χ3v) is 2.22. The zero-order chi connectivity index (χ0) is 10.4. The highest BCUT2D eigenvalue weighted by Gasteiger charge is 2.12. The number of ether oxygens (including phenoxy) is 2. The van der Waals surface area contributed by atoms with Crippen LogP contribution in [0.4, 0.5) is 0 Å². The molecule has 0 heterocycles. The van der Waals surface area contributed by atoms with Crippen LogP contribution in [0.1, 0.15) is 17.2 Å². The summed E-state index contributed by atoms with van der Waals surface area (Å²) in [5, 5.41) is 0. The molecule has 0 aliphatic heterocycles. The van der Waals surface area contributed by atoms with Crippen LogP contribution in [-0.4, -0.2) is 20.8 Å². The standard InChI is InChI=1S/C11H17NO2/c1-13-8-11(14-2)10-6-4-3-5-9(10)7-12/h3-6,11H,7-8,12H2,1-2H3. The van der Waals surface area contributed by atoms with E-state index in [0.29, 0.717) is 13.2 Å². The second-order valence-electron chi connectivity index (χ2n) is 3.08. The van der Waals surface area contributed by atoms with E-state index in [4.69, 9.17) is 15.2 Å². The first-order valence-electron chi connectivity index (χ1n) is 4.63. The van der Waals surface area contributed by atoms with E-state index in [1.165, 1.54) is 0 Å². The Morgan fingerprint density at radius 3 is 2.57 bits per heavy atom. The van der Waals surface area contributed by atoms with Crippen molar-refractivity contribution in [2.45, 2.75) is 12.6 Å². The molecule has 0 fully saturated rings. The van der Waals surface area contributed by atoms with Crippen molar-refractivity contribution in [1.82, 2.24) is 0 Å². The number of nitrogens with two attached hydrogens (primary N) is 1. The summed E-state index contributed by atoms with van der Waals surface area (Å²) in [5.41, 5.74) is 7.86. The normalized spacial score (nSPS) is 12.8. The summed E-state index contributed by atoms with van der Waals surface area (Å²) in [7, 11) is 3.34. The lowest BCUT2D eigenvalue weighted by atomic mass is 10.0. The van der Waals surface area contributed by atoms with E-state index in [9.17, 15) is 0 Å². The summed E-state index contributed by atoms with van der Waals surface area (Å²) in [6.07, 6.45) is -0.0280. The van der Waals surface area contributed by atoms with Gasteiger partial charge < -0.3 is 15.2 Å². The van der Waals surface area contributed by atoms with Crippen molar-refractivity contribution in [3.8, 4) is 0 Å². The minimum atomic E-state index is -0.0280. The van der Waals surface area contributed by atoms with Gasteiger partial charge in [-0.3, -0.25) is 0 Å². The summed E-state index contributed by atoms with van der Waals surface area (Å²) in [4.78, 5) is 0. The second-order valence-corrected chi connectivity index (χ2v) is 3.08. The van der Waals surface area contributed by atoms with E-state index in [0.717, 1.165) is 11.1 Å². The van der Waals surface area contributed by atoms with E-state index in [1.807, 2.05) is 24.3 Å². The Hall–Kier alpha value is -0.900. The summed E-state index contributed by atoms with van der Waals surface area (Å²) < 4.78 is 10.4. The fourth-order valence-corrected chi connectivity index (χ4v) is 1.47. The predicted molar refractivity (Wildman–Crippen MR) is 56.0 cm³/mol. The lowest BCUT2D eigenvalue weighted by Crippen LogP contribution is -2.12. The molecule has 0 amide bonds. The molecule has 0 aromatic heterocycles. The van der Waals surface area contributed by atoms with Crippen molar-refractivity contribution in [2.24, 2.45) is 5.73 Å². The Labute approximate surface area is 84.8 Å². The molecule has 78 valence electrons. The quantitative estimate of drug-likeness (QED) is 0.774. The molecular weight excluding hydrogens is 178 g/mol. The fraction of sp³-hybridized carbons (Fsp3) is 0.455. The van der Waals surface area contributed by atoms with Gasteiger partial charge in [-0.2, -0.15) is 0 Å². The number of hydrogen-bond donors (Lipinski definition) is 1. The molecule has 1 atom stereocenters. The van der Waals surface area contributed by atoms with Gasteiger partial charge in [-0.05, 0) is 11.1 Å². The molecule has 2 N–H and O–H groups in total. The molecule has 0 aliphatic rings. The highest BCUT2D eigenvalue weighted by atomic mass is 16.5. The third-order valence-electron chi connectivity index (χ3n) is 2.22. The summed E-state index contributed by atoms with van der Waals surface area (Å²) in [6.45, 7) is 1.08. The Balaban J connectivity index is 2.90. The van der Waals surface area contributed by atoms with Crippen LogP contribution < -0.4 is 5.73 Å². The van der Waals surface area contributed by atoms with Crippen LogP contribution in [0.3, 0.4) is 0 Å². The van der Waals surface area contributed by atoms with Crippen LogP contribution in [0.2, 0.25) is 0 Å². The minimum Gasteiger partial charge on any atom is -0.382 e. The molecule has 0 aliphatic carbocycles. The van der Waals surface area contributed by atoms with Gasteiger partial charge >= 0.3 is 0 Å². The second kappa shape index (κ2) is 5.75. The maximum absolute atomic E-state index is 5.64. The summed E-state index contributed by atoms with van der Waals surface area (Å²) in [6, 6.07) is 7.99. The van der Waals surface area contributed by atoms with Gasteiger partial charge in [0.1, 0.15) is 6.10 Å². The lowest BCUT2D eigenvalue weighted by Gasteiger charge is -2.17. The van der Waals surface area contributed by atoms with E-state index in [-0.39, 0.29) is 6.10 Å². The molecule has 14 heavy (non-hydrogen) atoms. The van der Waals surface area contributed by atoms with Gasteiger partial charge in [0.2, 0.25) is 0 Å². The zero-order valence-electron chi connectivity index (χ0n) is 8.69. The molecule has 0 saturated heterocycles. The Morgan fingerprint density at radius 2 is 2.00 bits per heavy atom. The summed E-state index contributed by atoms with van der Waals surface area (Å²) >= 11 is 0. The van der Waals surface area contributed by atoms with Gasteiger partial charge in [0, 0.05) is 20.8 Å². The smallest absolute Gasteiger partial charge is 0.106 e. The highest BCUT2D eigenvalue weighted by Crippen LogP contribution is 2.20. The van der Waals surface area contributed by atoms with Crippen LogP contribution in [0.15, 0.2) is 24.3 Å². The van der Waals surface area contributed by atoms with Crippen LogP contribution in [-0.2, 0) is 16.0 Å². The van der Waals surface area contributed by atoms with Crippen LogP contribution in [0, 0.1) is 0 Å². The maximum Gasteiger partial charge on any atom is 0.106 e. The first-order chi connectivity index (χ1) is 6.83. The van der Waals surface area contributed by atoms with Crippen molar-refractivity contribution in [1.29, 1.82) is 0 Å². The van der Waals surface area contributed by atoms with Gasteiger partial charge in [0.25, 0.3) is 0 Å². The average molecular weight is 195 g/mol. The molecule has 1 unspecified atom stereocenters. The molecular formula is C11H17NO2. The SMILES string of the molecule is COCC(OC)c1ccccc1CN. The van der Waals surface area contributed by atoms with E-state index >= 15 is 0 Å². The van der Waals surface area contributed by atoms with Crippen molar-refractivity contribution in [3.05, 3.63) is 35.4 Å². The molecule has 3 heteroatoms. The van der Waals surface area contributed by atoms with Crippen LogP contribution in [0.5, 0.6) is 0 Å². The highest BCUT2D eigenvalue weighted by molar-refractivity contribution is 5.29. The molecule has 0 spiro atoms. The molecule has 0 bridgehead atoms. The summed E-state index contributed by atoms with van der Waals surface area (Å²) in [5.74, 6) is 0. The van der Waals surface area contributed by atoms with Crippen molar-refractivity contribution < 1.29 is 9.47 Å². The minimum absolute atomic E-state index is 0.0280. The van der Waals surface area contributed by atoms with Gasteiger partial charge in [0.05, 0.1) is 6.61 Å². The largest absolute Gasteiger partial charge is 0.382 e. The molecule has 0 radical (unpaired) electrons. The number of methoxy groups -OCH3 is 2. The molecule has 0 saturated carbocycles. The molecule has 3 nitrogen and oxygen atoms in total.